The monoisotopic (exact) mass is 430 g/mol. The molecule has 1 amide bonds. The minimum Gasteiger partial charge on any atom is -0.452 e. The smallest absolute Gasteiger partial charge is 0.338 e. The maximum absolute atomic E-state index is 13.1. The fourth-order valence-electron chi connectivity index (χ4n) is 3.27. The number of rotatable bonds is 7. The Kier molecular flexibility index (Phi) is 6.77. The predicted molar refractivity (Wildman–Crippen MR) is 114 cm³/mol. The van der Waals surface area contributed by atoms with Gasteiger partial charge in [0.15, 0.2) is 6.61 Å². The summed E-state index contributed by atoms with van der Waals surface area (Å²) in [4.78, 5) is 24.0. The number of aryl methyl sites for hydroxylation is 1. The summed E-state index contributed by atoms with van der Waals surface area (Å²) in [5.74, 6) is -1.05. The van der Waals surface area contributed by atoms with Crippen molar-refractivity contribution in [3.05, 3.63) is 59.7 Å². The quantitative estimate of drug-likeness (QED) is 0.682. The molecule has 1 N–H and O–H groups in total. The first-order chi connectivity index (χ1) is 14.3. The summed E-state index contributed by atoms with van der Waals surface area (Å²) in [6.07, 6.45) is 2.37. The largest absolute Gasteiger partial charge is 0.452 e. The average molecular weight is 431 g/mol. The third kappa shape index (κ3) is 4.81. The van der Waals surface area contributed by atoms with Crippen LogP contribution in [0.5, 0.6) is 0 Å². The van der Waals surface area contributed by atoms with E-state index in [2.05, 4.69) is 5.32 Å². The van der Waals surface area contributed by atoms with Gasteiger partial charge in [0.1, 0.15) is 0 Å². The van der Waals surface area contributed by atoms with Crippen LogP contribution in [0.15, 0.2) is 53.4 Å². The molecule has 2 aromatic carbocycles. The second-order valence-corrected chi connectivity index (χ2v) is 9.15. The van der Waals surface area contributed by atoms with Gasteiger partial charge in [0, 0.05) is 12.6 Å². The Hall–Kier alpha value is -2.87. The van der Waals surface area contributed by atoms with Gasteiger partial charge in [-0.2, -0.15) is 0 Å². The van der Waals surface area contributed by atoms with Crippen molar-refractivity contribution in [3.63, 3.8) is 0 Å². The van der Waals surface area contributed by atoms with E-state index in [1.807, 2.05) is 38.1 Å². The van der Waals surface area contributed by atoms with E-state index in [1.54, 1.807) is 0 Å². The average Bonchev–Trinajstić information content (AvgIpc) is 2.77. The summed E-state index contributed by atoms with van der Waals surface area (Å²) < 4.78 is 32.7. The van der Waals surface area contributed by atoms with E-state index in [9.17, 15) is 18.0 Å². The first-order valence-electron chi connectivity index (χ1n) is 10.00. The van der Waals surface area contributed by atoms with Crippen LogP contribution in [0.25, 0.3) is 0 Å². The Morgan fingerprint density at radius 1 is 1.13 bits per heavy atom. The van der Waals surface area contributed by atoms with Crippen molar-refractivity contribution in [1.82, 2.24) is 5.32 Å². The van der Waals surface area contributed by atoms with Crippen LogP contribution in [0, 0.1) is 0 Å². The molecule has 0 aliphatic carbocycles. The van der Waals surface area contributed by atoms with E-state index in [-0.39, 0.29) is 29.0 Å². The molecule has 0 bridgehead atoms. The number of amides is 1. The Balaban J connectivity index is 1.70. The van der Waals surface area contributed by atoms with Crippen molar-refractivity contribution >= 4 is 27.6 Å². The van der Waals surface area contributed by atoms with Gasteiger partial charge < -0.3 is 10.1 Å². The van der Waals surface area contributed by atoms with Crippen LogP contribution in [-0.4, -0.2) is 39.5 Å². The van der Waals surface area contributed by atoms with Crippen LogP contribution in [0.4, 0.5) is 5.69 Å². The number of esters is 1. The van der Waals surface area contributed by atoms with Crippen LogP contribution >= 0.6 is 0 Å². The van der Waals surface area contributed by atoms with Gasteiger partial charge in [-0.25, -0.2) is 13.2 Å². The topological polar surface area (TPSA) is 92.8 Å². The lowest BCUT2D eigenvalue weighted by Crippen LogP contribution is -2.35. The van der Waals surface area contributed by atoms with Crippen molar-refractivity contribution in [3.8, 4) is 0 Å². The molecule has 0 radical (unpaired) electrons. The number of carbonyl (C=O) groups is 2. The van der Waals surface area contributed by atoms with E-state index in [0.29, 0.717) is 12.2 Å². The van der Waals surface area contributed by atoms with Gasteiger partial charge in [-0.05, 0) is 62.1 Å². The fraction of sp³-hybridized carbons (Fsp3) is 0.364. The summed E-state index contributed by atoms with van der Waals surface area (Å²) in [5, 5.41) is 2.71. The van der Waals surface area contributed by atoms with Crippen LogP contribution in [0.3, 0.4) is 0 Å². The molecule has 1 aliphatic heterocycles. The van der Waals surface area contributed by atoms with Crippen LogP contribution in [0.1, 0.15) is 42.6 Å². The zero-order valence-corrected chi connectivity index (χ0v) is 17.9. The van der Waals surface area contributed by atoms with Crippen molar-refractivity contribution in [2.24, 2.45) is 0 Å². The number of ether oxygens (including phenoxy) is 1. The SMILES string of the molecule is CCC(C)NC(=O)COC(=O)c1ccc(S(=O)(=O)N2CCCc3ccccc32)cc1. The molecule has 2 aromatic rings. The standard InChI is InChI=1S/C22H26N2O5S/c1-3-16(2)23-21(25)15-29-22(26)18-10-12-19(13-11-18)30(27,28)24-14-6-8-17-7-4-5-9-20(17)24/h4-5,7,9-13,16H,3,6,8,14-15H2,1-2H3,(H,23,25). The van der Waals surface area contributed by atoms with Crippen molar-refractivity contribution in [2.45, 2.75) is 44.0 Å². The molecule has 1 heterocycles. The Morgan fingerprint density at radius 2 is 1.83 bits per heavy atom. The molecular formula is C22H26N2O5S. The lowest BCUT2D eigenvalue weighted by molar-refractivity contribution is -0.124. The Bertz CT molecular complexity index is 1020. The maximum Gasteiger partial charge on any atom is 0.338 e. The summed E-state index contributed by atoms with van der Waals surface area (Å²) in [7, 11) is -3.74. The van der Waals surface area contributed by atoms with Gasteiger partial charge in [-0.3, -0.25) is 9.10 Å². The Morgan fingerprint density at radius 3 is 2.53 bits per heavy atom. The number of anilines is 1. The summed E-state index contributed by atoms with van der Waals surface area (Å²) in [6, 6.07) is 13.1. The fourth-order valence-corrected chi connectivity index (χ4v) is 4.81. The van der Waals surface area contributed by atoms with Gasteiger partial charge in [-0.1, -0.05) is 25.1 Å². The molecular weight excluding hydrogens is 404 g/mol. The van der Waals surface area contributed by atoms with Gasteiger partial charge in [-0.15, -0.1) is 0 Å². The van der Waals surface area contributed by atoms with E-state index < -0.39 is 16.0 Å². The zero-order valence-electron chi connectivity index (χ0n) is 17.1. The van der Waals surface area contributed by atoms with Crippen LogP contribution in [-0.2, 0) is 26.0 Å². The molecule has 8 heteroatoms. The number of carbonyl (C=O) groups excluding carboxylic acids is 2. The Labute approximate surface area is 177 Å². The third-order valence-electron chi connectivity index (χ3n) is 5.10. The molecule has 3 rings (SSSR count). The molecule has 0 saturated carbocycles. The van der Waals surface area contributed by atoms with Gasteiger partial charge in [0.2, 0.25) is 0 Å². The van der Waals surface area contributed by atoms with Crippen molar-refractivity contribution < 1.29 is 22.7 Å². The van der Waals surface area contributed by atoms with E-state index in [4.69, 9.17) is 4.74 Å². The van der Waals surface area contributed by atoms with Crippen LogP contribution < -0.4 is 9.62 Å². The summed E-state index contributed by atoms with van der Waals surface area (Å²) >= 11 is 0. The number of nitrogens with one attached hydrogen (secondary N) is 1. The van der Waals surface area contributed by atoms with E-state index >= 15 is 0 Å². The lowest BCUT2D eigenvalue weighted by Gasteiger charge is -2.30. The summed E-state index contributed by atoms with van der Waals surface area (Å²) in [5.41, 5.74) is 1.88. The molecule has 0 aromatic heterocycles. The van der Waals surface area contributed by atoms with Gasteiger partial charge in [0.25, 0.3) is 15.9 Å². The van der Waals surface area contributed by atoms with Crippen molar-refractivity contribution in [1.29, 1.82) is 0 Å². The molecule has 0 spiro atoms. The highest BCUT2D eigenvalue weighted by Crippen LogP contribution is 2.31. The maximum atomic E-state index is 13.1. The normalized spacial score (nSPS) is 14.5. The first-order valence-corrected chi connectivity index (χ1v) is 11.4. The minimum absolute atomic E-state index is 0.000565. The van der Waals surface area contributed by atoms with Gasteiger partial charge >= 0.3 is 5.97 Å². The molecule has 1 atom stereocenters. The van der Waals surface area contributed by atoms with E-state index in [1.165, 1.54) is 28.6 Å². The molecule has 0 fully saturated rings. The van der Waals surface area contributed by atoms with Crippen LogP contribution in [0.2, 0.25) is 0 Å². The highest BCUT2D eigenvalue weighted by Gasteiger charge is 2.29. The molecule has 160 valence electrons. The molecule has 1 aliphatic rings. The van der Waals surface area contributed by atoms with Crippen molar-refractivity contribution in [2.75, 3.05) is 17.5 Å². The first kappa shape index (κ1) is 21.8. The lowest BCUT2D eigenvalue weighted by atomic mass is 10.0. The predicted octanol–water partition coefficient (Wildman–Crippen LogP) is 2.90. The third-order valence-corrected chi connectivity index (χ3v) is 6.93. The number of para-hydroxylation sites is 1. The number of hydrogen-bond acceptors (Lipinski definition) is 5. The molecule has 1 unspecified atom stereocenters. The number of sulfonamides is 1. The molecule has 30 heavy (non-hydrogen) atoms. The van der Waals surface area contributed by atoms with Gasteiger partial charge in [0.05, 0.1) is 16.1 Å². The highest BCUT2D eigenvalue weighted by atomic mass is 32.2. The number of benzene rings is 2. The second-order valence-electron chi connectivity index (χ2n) is 7.29. The molecule has 0 saturated heterocycles. The van der Waals surface area contributed by atoms with E-state index in [0.717, 1.165) is 24.8 Å². The number of hydrogen-bond donors (Lipinski definition) is 1. The minimum atomic E-state index is -3.74. The number of nitrogens with zero attached hydrogens (tertiary/aromatic N) is 1. The molecule has 7 nitrogen and oxygen atoms in total. The second kappa shape index (κ2) is 9.30. The summed E-state index contributed by atoms with van der Waals surface area (Å²) in [6.45, 7) is 3.83. The zero-order chi connectivity index (χ0) is 21.7. The highest BCUT2D eigenvalue weighted by molar-refractivity contribution is 7.92. The number of fused-ring (bicyclic) bond motifs is 1.